The Bertz CT molecular complexity index is 1070. The van der Waals surface area contributed by atoms with Crippen LogP contribution in [-0.2, 0) is 14.8 Å². The first-order valence-electron chi connectivity index (χ1n) is 10.7. The number of hydrogen-bond donors (Lipinski definition) is 2. The van der Waals surface area contributed by atoms with Crippen molar-refractivity contribution in [2.45, 2.75) is 43.5 Å². The molecule has 4 atom stereocenters. The third kappa shape index (κ3) is 5.37. The number of carbonyl (C=O) groups excluding carboxylic acids is 1. The molecule has 164 valence electrons. The van der Waals surface area contributed by atoms with Crippen molar-refractivity contribution in [1.29, 1.82) is 0 Å². The highest BCUT2D eigenvalue weighted by Gasteiger charge is 2.42. The largest absolute Gasteiger partial charge is 0.323 e. The molecule has 2 fully saturated rings. The summed E-state index contributed by atoms with van der Waals surface area (Å²) >= 11 is 5.85. The number of amides is 1. The molecule has 0 spiro atoms. The van der Waals surface area contributed by atoms with E-state index in [4.69, 9.17) is 11.6 Å². The van der Waals surface area contributed by atoms with E-state index < -0.39 is 10.0 Å². The number of anilines is 1. The lowest BCUT2D eigenvalue weighted by molar-refractivity contribution is -0.111. The van der Waals surface area contributed by atoms with Gasteiger partial charge in [-0.1, -0.05) is 30.2 Å². The van der Waals surface area contributed by atoms with E-state index in [9.17, 15) is 13.2 Å². The fourth-order valence-corrected chi connectivity index (χ4v) is 6.37. The monoisotopic (exact) mass is 458 g/mol. The van der Waals surface area contributed by atoms with Gasteiger partial charge in [-0.2, -0.15) is 0 Å². The van der Waals surface area contributed by atoms with Crippen molar-refractivity contribution in [3.05, 3.63) is 65.2 Å². The molecular weight excluding hydrogens is 432 g/mol. The quantitative estimate of drug-likeness (QED) is 0.567. The van der Waals surface area contributed by atoms with E-state index in [0.717, 1.165) is 17.9 Å². The summed E-state index contributed by atoms with van der Waals surface area (Å²) in [7, 11) is -3.60. The van der Waals surface area contributed by atoms with E-state index in [1.54, 1.807) is 30.3 Å². The van der Waals surface area contributed by atoms with Crippen molar-refractivity contribution in [3.63, 3.8) is 0 Å². The number of nitrogens with one attached hydrogen (secondary N) is 2. The molecule has 31 heavy (non-hydrogen) atoms. The van der Waals surface area contributed by atoms with Gasteiger partial charge in [0.1, 0.15) is 0 Å². The highest BCUT2D eigenvalue weighted by atomic mass is 35.5. The molecule has 2 saturated carbocycles. The lowest BCUT2D eigenvalue weighted by Gasteiger charge is -2.28. The van der Waals surface area contributed by atoms with Crippen LogP contribution in [-0.4, -0.2) is 20.4 Å². The summed E-state index contributed by atoms with van der Waals surface area (Å²) in [5.74, 6) is 1.56. The van der Waals surface area contributed by atoms with Crippen LogP contribution in [0, 0.1) is 17.8 Å². The Hall–Kier alpha value is -2.15. The van der Waals surface area contributed by atoms with Gasteiger partial charge in [-0.15, -0.1) is 0 Å². The van der Waals surface area contributed by atoms with E-state index in [-0.39, 0.29) is 16.8 Å². The fraction of sp³-hybridized carbons (Fsp3) is 0.375. The molecule has 5 nitrogen and oxygen atoms in total. The molecule has 2 bridgehead atoms. The average Bonchev–Trinajstić information content (AvgIpc) is 3.37. The Morgan fingerprint density at radius 2 is 1.77 bits per heavy atom. The van der Waals surface area contributed by atoms with Gasteiger partial charge in [-0.05, 0) is 92.0 Å². The molecule has 2 aliphatic carbocycles. The molecular formula is C24H27ClN2O3S. The molecule has 2 aromatic carbocycles. The van der Waals surface area contributed by atoms with Crippen LogP contribution in [0.3, 0.4) is 0 Å². The van der Waals surface area contributed by atoms with Crippen LogP contribution in [0.25, 0.3) is 6.08 Å². The van der Waals surface area contributed by atoms with E-state index in [2.05, 4.69) is 10.0 Å². The minimum Gasteiger partial charge on any atom is -0.323 e. The average molecular weight is 459 g/mol. The van der Waals surface area contributed by atoms with Crippen LogP contribution >= 0.6 is 11.6 Å². The first-order chi connectivity index (χ1) is 14.8. The smallest absolute Gasteiger partial charge is 0.248 e. The SMILES string of the molecule is C[C@H](NS(=O)(=O)c1ccc(NC(=O)/C=C/c2ccc(Cl)cc2)cc1)[C@@H]1C[C@H]2CC[C@H]1C2. The van der Waals surface area contributed by atoms with Gasteiger partial charge >= 0.3 is 0 Å². The van der Waals surface area contributed by atoms with Gasteiger partial charge < -0.3 is 5.32 Å². The third-order valence-electron chi connectivity index (χ3n) is 6.51. The number of sulfonamides is 1. The lowest BCUT2D eigenvalue weighted by Crippen LogP contribution is -2.40. The van der Waals surface area contributed by atoms with Gasteiger partial charge in [0.05, 0.1) is 4.90 Å². The maximum Gasteiger partial charge on any atom is 0.248 e. The van der Waals surface area contributed by atoms with E-state index in [1.807, 2.05) is 19.1 Å². The normalized spacial score (nSPS) is 23.9. The molecule has 0 heterocycles. The zero-order valence-electron chi connectivity index (χ0n) is 17.4. The first kappa shape index (κ1) is 22.1. The van der Waals surface area contributed by atoms with Gasteiger partial charge in [-0.3, -0.25) is 4.79 Å². The van der Waals surface area contributed by atoms with Gasteiger partial charge in [-0.25, -0.2) is 13.1 Å². The van der Waals surface area contributed by atoms with E-state index in [0.29, 0.717) is 22.5 Å². The maximum atomic E-state index is 12.8. The third-order valence-corrected chi connectivity index (χ3v) is 8.33. The first-order valence-corrected chi connectivity index (χ1v) is 12.5. The second kappa shape index (κ2) is 9.15. The molecule has 4 rings (SSSR count). The zero-order chi connectivity index (χ0) is 22.0. The summed E-state index contributed by atoms with van der Waals surface area (Å²) in [4.78, 5) is 12.3. The van der Waals surface area contributed by atoms with Crippen molar-refractivity contribution in [2.75, 3.05) is 5.32 Å². The van der Waals surface area contributed by atoms with Crippen LogP contribution in [0.5, 0.6) is 0 Å². The molecule has 2 aliphatic rings. The minimum absolute atomic E-state index is 0.0716. The fourth-order valence-electron chi connectivity index (χ4n) is 4.95. The summed E-state index contributed by atoms with van der Waals surface area (Å²) < 4.78 is 28.5. The molecule has 1 amide bonds. The van der Waals surface area contributed by atoms with E-state index >= 15 is 0 Å². The number of carbonyl (C=O) groups is 1. The maximum absolute atomic E-state index is 12.8. The number of fused-ring (bicyclic) bond motifs is 2. The molecule has 0 radical (unpaired) electrons. The molecule has 7 heteroatoms. The standard InChI is InChI=1S/C24H27ClN2O3S/c1-16(23-15-18-2-6-19(23)14-18)27-31(29,30)22-11-9-21(10-12-22)26-24(28)13-5-17-3-7-20(25)8-4-17/h3-5,7-13,16,18-19,23,27H,2,6,14-15H2,1H3,(H,26,28)/b13-5+/t16-,18-,19-,23-/m0/s1. The zero-order valence-corrected chi connectivity index (χ0v) is 19.0. The second-order valence-corrected chi connectivity index (χ2v) is 10.8. The Labute approximate surface area is 188 Å². The van der Waals surface area contributed by atoms with Crippen LogP contribution in [0.4, 0.5) is 5.69 Å². The predicted molar refractivity (Wildman–Crippen MR) is 124 cm³/mol. The second-order valence-electron chi connectivity index (χ2n) is 8.65. The molecule has 0 aromatic heterocycles. The van der Waals surface area contributed by atoms with Crippen LogP contribution in [0.1, 0.15) is 38.2 Å². The van der Waals surface area contributed by atoms with Gasteiger partial charge in [0.15, 0.2) is 0 Å². The Morgan fingerprint density at radius 1 is 1.06 bits per heavy atom. The lowest BCUT2D eigenvalue weighted by atomic mass is 9.84. The number of halogens is 1. The highest BCUT2D eigenvalue weighted by Crippen LogP contribution is 2.49. The topological polar surface area (TPSA) is 75.3 Å². The highest BCUT2D eigenvalue weighted by molar-refractivity contribution is 7.89. The molecule has 2 N–H and O–H groups in total. The number of hydrogen-bond acceptors (Lipinski definition) is 3. The van der Waals surface area contributed by atoms with Crippen LogP contribution in [0.2, 0.25) is 5.02 Å². The predicted octanol–water partition coefficient (Wildman–Crippen LogP) is 5.09. The number of benzene rings is 2. The Morgan fingerprint density at radius 3 is 2.39 bits per heavy atom. The van der Waals surface area contributed by atoms with Crippen molar-refractivity contribution in [3.8, 4) is 0 Å². The van der Waals surface area contributed by atoms with Crippen molar-refractivity contribution >= 4 is 39.3 Å². The Balaban J connectivity index is 1.34. The van der Waals surface area contributed by atoms with Crippen LogP contribution < -0.4 is 10.0 Å². The minimum atomic E-state index is -3.60. The molecule has 0 unspecified atom stereocenters. The summed E-state index contributed by atoms with van der Waals surface area (Å²) in [6.45, 7) is 1.98. The van der Waals surface area contributed by atoms with Crippen molar-refractivity contribution < 1.29 is 13.2 Å². The van der Waals surface area contributed by atoms with Gasteiger partial charge in [0.2, 0.25) is 15.9 Å². The van der Waals surface area contributed by atoms with Crippen molar-refractivity contribution in [2.24, 2.45) is 17.8 Å². The van der Waals surface area contributed by atoms with E-state index in [1.165, 1.54) is 37.5 Å². The molecule has 0 saturated heterocycles. The molecule has 0 aliphatic heterocycles. The summed E-state index contributed by atoms with van der Waals surface area (Å²) in [6, 6.07) is 13.3. The van der Waals surface area contributed by atoms with Crippen molar-refractivity contribution in [1.82, 2.24) is 4.72 Å². The Kier molecular flexibility index (Phi) is 6.51. The molecule has 2 aromatic rings. The summed E-state index contributed by atoms with van der Waals surface area (Å²) in [6.07, 6.45) is 8.00. The number of rotatable bonds is 7. The summed E-state index contributed by atoms with van der Waals surface area (Å²) in [5.41, 5.74) is 1.39. The van der Waals surface area contributed by atoms with Crippen LogP contribution in [0.15, 0.2) is 59.5 Å². The van der Waals surface area contributed by atoms with Gasteiger partial charge in [0.25, 0.3) is 0 Å². The van der Waals surface area contributed by atoms with Gasteiger partial charge in [0, 0.05) is 22.8 Å². The summed E-state index contributed by atoms with van der Waals surface area (Å²) in [5, 5.41) is 3.37.